The van der Waals surface area contributed by atoms with Crippen molar-refractivity contribution >= 4 is 46.4 Å². The molecule has 4 heteroatoms. The van der Waals surface area contributed by atoms with Crippen LogP contribution in [0.3, 0.4) is 0 Å². The summed E-state index contributed by atoms with van der Waals surface area (Å²) in [6.45, 7) is 2.09. The zero-order valence-corrected chi connectivity index (χ0v) is 11.3. The highest BCUT2D eigenvalue weighted by molar-refractivity contribution is 6.45. The summed E-state index contributed by atoms with van der Waals surface area (Å²) in [7, 11) is 0. The molecule has 0 unspecified atom stereocenters. The summed E-state index contributed by atoms with van der Waals surface area (Å²) in [5, 5.41) is 0. The van der Waals surface area contributed by atoms with Crippen molar-refractivity contribution in [2.75, 3.05) is 0 Å². The Morgan fingerprint density at radius 1 is 1.00 bits per heavy atom. The van der Waals surface area contributed by atoms with Gasteiger partial charge in [-0.25, -0.2) is 0 Å². The van der Waals surface area contributed by atoms with Crippen LogP contribution in [0.1, 0.15) is 39.7 Å². The third-order valence-corrected chi connectivity index (χ3v) is 3.16. The van der Waals surface area contributed by atoms with Crippen molar-refractivity contribution in [1.29, 1.82) is 0 Å². The molecule has 1 aromatic rings. The maximum Gasteiger partial charge on any atom is 0.133 e. The van der Waals surface area contributed by atoms with Crippen LogP contribution in [0.2, 0.25) is 0 Å². The summed E-state index contributed by atoms with van der Waals surface area (Å²) in [6.07, 6.45) is 1.89. The molecule has 1 aromatic carbocycles. The molecule has 1 rings (SSSR count). The molecule has 0 aliphatic heterocycles. The van der Waals surface area contributed by atoms with Crippen molar-refractivity contribution in [1.82, 2.24) is 0 Å². The van der Waals surface area contributed by atoms with Gasteiger partial charge in [0.2, 0.25) is 0 Å². The smallest absolute Gasteiger partial charge is 0.100 e. The lowest BCUT2D eigenvalue weighted by Gasteiger charge is -2.15. The Hall–Kier alpha value is 0.380. The van der Waals surface area contributed by atoms with E-state index in [2.05, 4.69) is 6.92 Å². The first kappa shape index (κ1) is 13.4. The van der Waals surface area contributed by atoms with E-state index in [1.165, 1.54) is 0 Å². The fraction of sp³-hybridized carbons (Fsp3) is 0.455. The van der Waals surface area contributed by atoms with E-state index in [1.54, 1.807) is 0 Å². The molecule has 0 N–H and O–H groups in total. The summed E-state index contributed by atoms with van der Waals surface area (Å²) in [6, 6.07) is 5.70. The summed E-state index contributed by atoms with van der Waals surface area (Å²) < 4.78 is 0. The van der Waals surface area contributed by atoms with Crippen molar-refractivity contribution in [3.05, 3.63) is 34.9 Å². The number of alkyl halides is 4. The van der Waals surface area contributed by atoms with Crippen LogP contribution in [0.5, 0.6) is 0 Å². The number of benzene rings is 1. The van der Waals surface area contributed by atoms with Crippen molar-refractivity contribution in [3.63, 3.8) is 0 Å². The Morgan fingerprint density at radius 3 is 1.80 bits per heavy atom. The van der Waals surface area contributed by atoms with Crippen LogP contribution in [0.25, 0.3) is 0 Å². The fourth-order valence-electron chi connectivity index (χ4n) is 1.57. The predicted molar refractivity (Wildman–Crippen MR) is 69.3 cm³/mol. The third-order valence-electron chi connectivity index (χ3n) is 2.22. The number of hydrogen-bond acceptors (Lipinski definition) is 0. The molecule has 0 radical (unpaired) electrons. The molecule has 84 valence electrons. The zero-order chi connectivity index (χ0) is 11.4. The standard InChI is InChI=1S/C11H12Cl4/c1-2-4-7-8(10(12)13)5-3-6-9(7)11(14)15/h3,5-6,10-11H,2,4H2,1H3. The summed E-state index contributed by atoms with van der Waals surface area (Å²) >= 11 is 23.6. The van der Waals surface area contributed by atoms with Gasteiger partial charge in [0.05, 0.1) is 0 Å². The van der Waals surface area contributed by atoms with E-state index in [0.29, 0.717) is 0 Å². The third kappa shape index (κ3) is 3.42. The Labute approximate surface area is 110 Å². The summed E-state index contributed by atoms with van der Waals surface area (Å²) in [5.74, 6) is 0. The van der Waals surface area contributed by atoms with Gasteiger partial charge < -0.3 is 0 Å². The van der Waals surface area contributed by atoms with Gasteiger partial charge in [-0.2, -0.15) is 0 Å². The molecule has 0 saturated carbocycles. The van der Waals surface area contributed by atoms with Crippen LogP contribution in [0, 0.1) is 0 Å². The van der Waals surface area contributed by atoms with Gasteiger partial charge in [0.1, 0.15) is 9.67 Å². The second kappa shape index (κ2) is 6.20. The van der Waals surface area contributed by atoms with E-state index in [4.69, 9.17) is 46.4 Å². The Kier molecular flexibility index (Phi) is 5.56. The van der Waals surface area contributed by atoms with Crippen LogP contribution in [-0.2, 0) is 6.42 Å². The van der Waals surface area contributed by atoms with Crippen molar-refractivity contribution in [2.24, 2.45) is 0 Å². The van der Waals surface area contributed by atoms with Crippen LogP contribution in [0.4, 0.5) is 0 Å². The van der Waals surface area contributed by atoms with Gasteiger partial charge in [-0.15, -0.1) is 46.4 Å². The largest absolute Gasteiger partial charge is 0.133 e. The first-order valence-electron chi connectivity index (χ1n) is 4.75. The van der Waals surface area contributed by atoms with Gasteiger partial charge in [-0.1, -0.05) is 31.5 Å². The van der Waals surface area contributed by atoms with Crippen LogP contribution in [0.15, 0.2) is 18.2 Å². The van der Waals surface area contributed by atoms with Gasteiger partial charge in [0, 0.05) is 0 Å². The molecule has 15 heavy (non-hydrogen) atoms. The molecule has 0 aliphatic rings. The highest BCUT2D eigenvalue weighted by atomic mass is 35.5. The first-order chi connectivity index (χ1) is 7.07. The molecule has 0 nitrogen and oxygen atoms in total. The maximum absolute atomic E-state index is 5.90. The normalized spacial score (nSPS) is 11.4. The quantitative estimate of drug-likeness (QED) is 0.633. The average molecular weight is 286 g/mol. The number of halogens is 4. The van der Waals surface area contributed by atoms with Gasteiger partial charge in [0.15, 0.2) is 0 Å². The zero-order valence-electron chi connectivity index (χ0n) is 8.31. The summed E-state index contributed by atoms with van der Waals surface area (Å²) in [4.78, 5) is -1.06. The molecular formula is C11H12Cl4. The Balaban J connectivity index is 3.21. The summed E-state index contributed by atoms with van der Waals surface area (Å²) in [5.41, 5.74) is 2.89. The molecule has 0 amide bonds. The minimum Gasteiger partial charge on any atom is -0.100 e. The molecule has 0 fully saturated rings. The van der Waals surface area contributed by atoms with Gasteiger partial charge in [0.25, 0.3) is 0 Å². The fourth-order valence-corrected chi connectivity index (χ4v) is 2.39. The molecule has 0 aromatic heterocycles. The predicted octanol–water partition coefficient (Wildman–Crippen LogP) is 5.59. The van der Waals surface area contributed by atoms with Crippen LogP contribution >= 0.6 is 46.4 Å². The lowest BCUT2D eigenvalue weighted by molar-refractivity contribution is 0.895. The number of hydrogen-bond donors (Lipinski definition) is 0. The lowest BCUT2D eigenvalue weighted by Crippen LogP contribution is -1.99. The van der Waals surface area contributed by atoms with E-state index in [9.17, 15) is 0 Å². The van der Waals surface area contributed by atoms with Crippen molar-refractivity contribution in [2.45, 2.75) is 29.4 Å². The molecule has 0 spiro atoms. The van der Waals surface area contributed by atoms with Crippen LogP contribution in [-0.4, -0.2) is 0 Å². The SMILES string of the molecule is CCCc1c(C(Cl)Cl)cccc1C(Cl)Cl. The second-order valence-corrected chi connectivity index (χ2v) is 5.46. The lowest BCUT2D eigenvalue weighted by atomic mass is 9.99. The van der Waals surface area contributed by atoms with E-state index in [-0.39, 0.29) is 0 Å². The first-order valence-corrected chi connectivity index (χ1v) is 6.50. The van der Waals surface area contributed by atoms with Crippen molar-refractivity contribution in [3.8, 4) is 0 Å². The van der Waals surface area contributed by atoms with E-state index < -0.39 is 9.67 Å². The Morgan fingerprint density at radius 2 is 1.47 bits per heavy atom. The molecule has 0 saturated heterocycles. The molecular weight excluding hydrogens is 274 g/mol. The van der Waals surface area contributed by atoms with Gasteiger partial charge in [-0.3, -0.25) is 0 Å². The minimum absolute atomic E-state index is 0.529. The van der Waals surface area contributed by atoms with E-state index >= 15 is 0 Å². The molecule has 0 heterocycles. The van der Waals surface area contributed by atoms with Gasteiger partial charge >= 0.3 is 0 Å². The van der Waals surface area contributed by atoms with E-state index in [0.717, 1.165) is 29.5 Å². The highest BCUT2D eigenvalue weighted by Crippen LogP contribution is 2.35. The molecule has 0 aliphatic carbocycles. The Bertz CT molecular complexity index is 294. The van der Waals surface area contributed by atoms with Gasteiger partial charge in [-0.05, 0) is 23.1 Å². The average Bonchev–Trinajstić information content (AvgIpc) is 2.17. The molecule has 0 bridgehead atoms. The highest BCUT2D eigenvalue weighted by Gasteiger charge is 2.16. The van der Waals surface area contributed by atoms with Crippen LogP contribution < -0.4 is 0 Å². The number of rotatable bonds is 4. The maximum atomic E-state index is 5.90. The monoisotopic (exact) mass is 284 g/mol. The molecule has 0 atom stereocenters. The topological polar surface area (TPSA) is 0 Å². The second-order valence-electron chi connectivity index (χ2n) is 3.27. The van der Waals surface area contributed by atoms with E-state index in [1.807, 2.05) is 18.2 Å². The van der Waals surface area contributed by atoms with Crippen molar-refractivity contribution < 1.29 is 0 Å². The minimum atomic E-state index is -0.529.